The quantitative estimate of drug-likeness (QED) is 0.694. The van der Waals surface area contributed by atoms with Crippen LogP contribution in [-0.4, -0.2) is 10.1 Å². The fourth-order valence-corrected chi connectivity index (χ4v) is 2.80. The highest BCUT2D eigenvalue weighted by Gasteiger charge is 2.27. The summed E-state index contributed by atoms with van der Waals surface area (Å²) in [5, 5.41) is 10.8. The number of hydrogen-bond acceptors (Lipinski definition) is 1. The maximum absolute atomic E-state index is 10.8. The van der Waals surface area contributed by atoms with Gasteiger partial charge in [0.1, 0.15) is 0 Å². The van der Waals surface area contributed by atoms with Crippen LogP contribution in [0.2, 0.25) is 0 Å². The monoisotopic (exact) mass is 295 g/mol. The fourth-order valence-electron chi connectivity index (χ4n) is 2.80. The lowest BCUT2D eigenvalue weighted by Crippen LogP contribution is -2.41. The van der Waals surface area contributed by atoms with Crippen LogP contribution in [0.4, 0.5) is 0 Å². The summed E-state index contributed by atoms with van der Waals surface area (Å²) < 4.78 is 2.22. The SMILES string of the molecule is CCC(C)C[n+]1c(C(O)c2ccccc2)[nH]c2ccccc21. The van der Waals surface area contributed by atoms with E-state index >= 15 is 0 Å². The van der Waals surface area contributed by atoms with Gasteiger partial charge in [-0.05, 0) is 30.0 Å². The number of para-hydroxylation sites is 2. The minimum Gasteiger partial charge on any atom is -0.376 e. The van der Waals surface area contributed by atoms with Crippen molar-refractivity contribution in [2.45, 2.75) is 32.9 Å². The van der Waals surface area contributed by atoms with E-state index in [2.05, 4.69) is 35.5 Å². The summed E-state index contributed by atoms with van der Waals surface area (Å²) in [6.45, 7) is 5.35. The van der Waals surface area contributed by atoms with Gasteiger partial charge < -0.3 is 5.11 Å². The fraction of sp³-hybridized carbons (Fsp3) is 0.316. The van der Waals surface area contributed by atoms with E-state index in [1.807, 2.05) is 42.5 Å². The molecule has 0 aliphatic heterocycles. The minimum absolute atomic E-state index is 0.561. The van der Waals surface area contributed by atoms with Gasteiger partial charge in [0, 0.05) is 0 Å². The Morgan fingerprint density at radius 1 is 1.05 bits per heavy atom. The Morgan fingerprint density at radius 3 is 2.45 bits per heavy atom. The van der Waals surface area contributed by atoms with Gasteiger partial charge in [-0.25, -0.2) is 9.55 Å². The molecule has 2 N–H and O–H groups in total. The van der Waals surface area contributed by atoms with E-state index in [0.29, 0.717) is 5.92 Å². The van der Waals surface area contributed by atoms with Crippen LogP contribution in [0.1, 0.15) is 37.8 Å². The smallest absolute Gasteiger partial charge is 0.289 e. The topological polar surface area (TPSA) is 39.9 Å². The molecule has 3 aromatic rings. The molecule has 3 rings (SSSR count). The first kappa shape index (κ1) is 14.8. The average Bonchev–Trinajstić information content (AvgIpc) is 2.93. The third-order valence-electron chi connectivity index (χ3n) is 4.31. The molecule has 2 aromatic carbocycles. The summed E-state index contributed by atoms with van der Waals surface area (Å²) >= 11 is 0. The maximum atomic E-state index is 10.8. The van der Waals surface area contributed by atoms with E-state index in [0.717, 1.165) is 35.4 Å². The molecule has 2 unspecified atom stereocenters. The second-order valence-electron chi connectivity index (χ2n) is 5.96. The molecule has 0 saturated heterocycles. The van der Waals surface area contributed by atoms with Crippen molar-refractivity contribution in [3.05, 3.63) is 66.0 Å². The number of hydrogen-bond donors (Lipinski definition) is 2. The molecule has 1 aromatic heterocycles. The van der Waals surface area contributed by atoms with Crippen LogP contribution < -0.4 is 4.57 Å². The van der Waals surface area contributed by atoms with E-state index in [-0.39, 0.29) is 0 Å². The molecule has 0 bridgehead atoms. The molecule has 22 heavy (non-hydrogen) atoms. The predicted octanol–water partition coefficient (Wildman–Crippen LogP) is 3.58. The van der Waals surface area contributed by atoms with Gasteiger partial charge in [0.05, 0.1) is 6.54 Å². The van der Waals surface area contributed by atoms with Crippen LogP contribution in [0.25, 0.3) is 11.0 Å². The van der Waals surface area contributed by atoms with Gasteiger partial charge >= 0.3 is 0 Å². The van der Waals surface area contributed by atoms with Gasteiger partial charge in [0.25, 0.3) is 5.82 Å². The lowest BCUT2D eigenvalue weighted by atomic mass is 10.1. The first-order valence-electron chi connectivity index (χ1n) is 7.94. The molecule has 0 radical (unpaired) electrons. The van der Waals surface area contributed by atoms with E-state index in [4.69, 9.17) is 0 Å². The number of aliphatic hydroxyl groups excluding tert-OH is 1. The number of H-pyrrole nitrogens is 1. The predicted molar refractivity (Wildman–Crippen MR) is 88.5 cm³/mol. The molecule has 3 nitrogen and oxygen atoms in total. The lowest BCUT2D eigenvalue weighted by molar-refractivity contribution is -0.688. The number of imidazole rings is 1. The molecule has 0 fully saturated rings. The third-order valence-corrected chi connectivity index (χ3v) is 4.31. The van der Waals surface area contributed by atoms with E-state index in [9.17, 15) is 5.11 Å². The average molecular weight is 295 g/mol. The summed E-state index contributed by atoms with van der Waals surface area (Å²) in [5.41, 5.74) is 3.12. The number of fused-ring (bicyclic) bond motifs is 1. The Hall–Kier alpha value is -2.13. The number of rotatable bonds is 5. The summed E-state index contributed by atoms with van der Waals surface area (Å²) in [4.78, 5) is 3.40. The molecule has 0 amide bonds. The Labute approximate surface area is 131 Å². The van der Waals surface area contributed by atoms with Crippen molar-refractivity contribution in [2.24, 2.45) is 5.92 Å². The van der Waals surface area contributed by atoms with Gasteiger partial charge in [-0.3, -0.25) is 0 Å². The van der Waals surface area contributed by atoms with Crippen LogP contribution in [0.15, 0.2) is 54.6 Å². The number of aromatic nitrogens is 2. The Kier molecular flexibility index (Phi) is 4.25. The van der Waals surface area contributed by atoms with Gasteiger partial charge in [-0.2, -0.15) is 0 Å². The van der Waals surface area contributed by atoms with Crippen LogP contribution in [0.5, 0.6) is 0 Å². The van der Waals surface area contributed by atoms with Gasteiger partial charge in [0.2, 0.25) is 0 Å². The Bertz CT molecular complexity index is 748. The summed E-state index contributed by atoms with van der Waals surface area (Å²) in [5.74, 6) is 1.42. The normalized spacial score (nSPS) is 14.1. The standard InChI is InChI=1S/C19H22N2O/c1-3-14(2)13-21-17-12-8-7-11-16(17)20-19(21)18(22)15-9-5-4-6-10-15/h4-12,14,18,22H,3,13H2,1-2H3/p+1. The molecule has 1 heterocycles. The van der Waals surface area contributed by atoms with Crippen molar-refractivity contribution in [3.63, 3.8) is 0 Å². The number of nitrogens with zero attached hydrogens (tertiary/aromatic N) is 1. The van der Waals surface area contributed by atoms with Crippen LogP contribution in [0.3, 0.4) is 0 Å². The van der Waals surface area contributed by atoms with Crippen molar-refractivity contribution in [2.75, 3.05) is 0 Å². The van der Waals surface area contributed by atoms with Crippen molar-refractivity contribution < 1.29 is 9.67 Å². The first-order valence-corrected chi connectivity index (χ1v) is 7.94. The molecule has 0 aliphatic rings. The molecule has 3 heteroatoms. The van der Waals surface area contributed by atoms with Crippen molar-refractivity contribution in [1.82, 2.24) is 4.98 Å². The molecule has 2 atom stereocenters. The highest BCUT2D eigenvalue weighted by molar-refractivity contribution is 5.71. The lowest BCUT2D eigenvalue weighted by Gasteiger charge is -2.11. The Morgan fingerprint density at radius 2 is 1.73 bits per heavy atom. The van der Waals surface area contributed by atoms with Crippen LogP contribution in [-0.2, 0) is 6.54 Å². The molecular weight excluding hydrogens is 272 g/mol. The first-order chi connectivity index (χ1) is 10.7. The van der Waals surface area contributed by atoms with Gasteiger partial charge in [-0.15, -0.1) is 0 Å². The zero-order chi connectivity index (χ0) is 15.5. The van der Waals surface area contributed by atoms with Crippen molar-refractivity contribution in [1.29, 1.82) is 0 Å². The second-order valence-corrected chi connectivity index (χ2v) is 5.96. The zero-order valence-corrected chi connectivity index (χ0v) is 13.2. The zero-order valence-electron chi connectivity index (χ0n) is 13.2. The summed E-state index contributed by atoms with van der Waals surface area (Å²) in [6, 6.07) is 18.0. The van der Waals surface area contributed by atoms with Gasteiger partial charge in [-0.1, -0.05) is 56.3 Å². The number of benzene rings is 2. The minimum atomic E-state index is -0.641. The molecule has 114 valence electrons. The van der Waals surface area contributed by atoms with E-state index in [1.165, 1.54) is 0 Å². The van der Waals surface area contributed by atoms with Crippen molar-refractivity contribution >= 4 is 11.0 Å². The maximum Gasteiger partial charge on any atom is 0.289 e. The van der Waals surface area contributed by atoms with Crippen LogP contribution in [0, 0.1) is 5.92 Å². The summed E-state index contributed by atoms with van der Waals surface area (Å²) in [6.07, 6.45) is 0.477. The molecular formula is C19H23N2O+. The second kappa shape index (κ2) is 6.32. The number of nitrogens with one attached hydrogen (secondary N) is 1. The third kappa shape index (κ3) is 2.77. The Balaban J connectivity index is 2.09. The molecule has 0 aliphatic carbocycles. The molecule has 0 spiro atoms. The van der Waals surface area contributed by atoms with Gasteiger partial charge in [0.15, 0.2) is 17.1 Å². The van der Waals surface area contributed by atoms with Crippen molar-refractivity contribution in [3.8, 4) is 0 Å². The largest absolute Gasteiger partial charge is 0.376 e. The highest BCUT2D eigenvalue weighted by atomic mass is 16.3. The van der Waals surface area contributed by atoms with E-state index in [1.54, 1.807) is 0 Å². The van der Waals surface area contributed by atoms with Crippen LogP contribution >= 0.6 is 0 Å². The number of aliphatic hydroxyl groups is 1. The number of aromatic amines is 1. The van der Waals surface area contributed by atoms with E-state index < -0.39 is 6.10 Å². The molecule has 0 saturated carbocycles. The summed E-state index contributed by atoms with van der Waals surface area (Å²) in [7, 11) is 0. The highest BCUT2D eigenvalue weighted by Crippen LogP contribution is 2.21.